The summed E-state index contributed by atoms with van der Waals surface area (Å²) in [6.45, 7) is 2.01. The third-order valence-electron chi connectivity index (χ3n) is 2.82. The number of hydrogen-bond acceptors (Lipinski definition) is 3. The molecule has 0 amide bonds. The van der Waals surface area contributed by atoms with Gasteiger partial charge in [-0.25, -0.2) is 0 Å². The molecule has 3 rings (SSSR count). The normalized spacial score (nSPS) is 16.4. The molecule has 0 fully saturated rings. The number of halogens is 1. The SMILES string of the molecule is Brc1cccc2snc(C3=CCNCC3)c12. The molecule has 2 aromatic rings. The van der Waals surface area contributed by atoms with Gasteiger partial charge in [0.1, 0.15) is 0 Å². The average Bonchev–Trinajstić information content (AvgIpc) is 2.75. The van der Waals surface area contributed by atoms with Crippen molar-refractivity contribution in [3.05, 3.63) is 34.4 Å². The van der Waals surface area contributed by atoms with E-state index in [0.29, 0.717) is 0 Å². The van der Waals surface area contributed by atoms with E-state index in [-0.39, 0.29) is 0 Å². The Labute approximate surface area is 107 Å². The predicted octanol–water partition coefficient (Wildman–Crippen LogP) is 3.44. The van der Waals surface area contributed by atoms with E-state index in [1.165, 1.54) is 15.7 Å². The highest BCUT2D eigenvalue weighted by Gasteiger charge is 2.14. The smallest absolute Gasteiger partial charge is 0.0888 e. The molecule has 2 heterocycles. The van der Waals surface area contributed by atoms with Crippen LogP contribution in [0.2, 0.25) is 0 Å². The topological polar surface area (TPSA) is 24.9 Å². The summed E-state index contributed by atoms with van der Waals surface area (Å²) in [7, 11) is 0. The van der Waals surface area contributed by atoms with Gasteiger partial charge in [0.05, 0.1) is 10.4 Å². The van der Waals surface area contributed by atoms with Gasteiger partial charge >= 0.3 is 0 Å². The van der Waals surface area contributed by atoms with Gasteiger partial charge in [-0.05, 0) is 42.2 Å². The van der Waals surface area contributed by atoms with Crippen molar-refractivity contribution in [1.29, 1.82) is 0 Å². The lowest BCUT2D eigenvalue weighted by Gasteiger charge is -2.12. The summed E-state index contributed by atoms with van der Waals surface area (Å²) in [5, 5.41) is 4.59. The van der Waals surface area contributed by atoms with Crippen molar-refractivity contribution < 1.29 is 0 Å². The lowest BCUT2D eigenvalue weighted by atomic mass is 10.0. The summed E-state index contributed by atoms with van der Waals surface area (Å²) >= 11 is 5.20. The first-order chi connectivity index (χ1) is 7.86. The molecular weight excluding hydrogens is 284 g/mol. The number of aromatic nitrogens is 1. The molecule has 1 aromatic carbocycles. The van der Waals surface area contributed by atoms with Crippen molar-refractivity contribution in [3.63, 3.8) is 0 Å². The zero-order chi connectivity index (χ0) is 11.0. The fourth-order valence-electron chi connectivity index (χ4n) is 2.01. The summed E-state index contributed by atoms with van der Waals surface area (Å²) in [5.41, 5.74) is 2.53. The van der Waals surface area contributed by atoms with E-state index in [2.05, 4.69) is 49.9 Å². The van der Waals surface area contributed by atoms with Gasteiger partial charge in [0.2, 0.25) is 0 Å². The largest absolute Gasteiger partial charge is 0.313 e. The minimum Gasteiger partial charge on any atom is -0.313 e. The molecule has 4 heteroatoms. The van der Waals surface area contributed by atoms with Crippen molar-refractivity contribution in [1.82, 2.24) is 9.69 Å². The van der Waals surface area contributed by atoms with Gasteiger partial charge in [0, 0.05) is 16.4 Å². The highest BCUT2D eigenvalue weighted by Crippen LogP contribution is 2.34. The van der Waals surface area contributed by atoms with E-state index < -0.39 is 0 Å². The van der Waals surface area contributed by atoms with Crippen molar-refractivity contribution in [2.45, 2.75) is 6.42 Å². The molecule has 0 aliphatic carbocycles. The molecule has 0 saturated carbocycles. The van der Waals surface area contributed by atoms with Crippen molar-refractivity contribution in [3.8, 4) is 0 Å². The summed E-state index contributed by atoms with van der Waals surface area (Å²) in [6, 6.07) is 6.27. The number of rotatable bonds is 1. The van der Waals surface area contributed by atoms with Gasteiger partial charge in [0.25, 0.3) is 0 Å². The summed E-state index contributed by atoms with van der Waals surface area (Å²) in [5.74, 6) is 0. The average molecular weight is 295 g/mol. The monoisotopic (exact) mass is 294 g/mol. The van der Waals surface area contributed by atoms with E-state index in [0.717, 1.165) is 29.7 Å². The van der Waals surface area contributed by atoms with E-state index >= 15 is 0 Å². The Kier molecular flexibility index (Phi) is 2.79. The van der Waals surface area contributed by atoms with Crippen LogP contribution in [-0.2, 0) is 0 Å². The third-order valence-corrected chi connectivity index (χ3v) is 4.29. The van der Waals surface area contributed by atoms with E-state index in [9.17, 15) is 0 Å². The predicted molar refractivity (Wildman–Crippen MR) is 72.8 cm³/mol. The maximum Gasteiger partial charge on any atom is 0.0888 e. The minimum absolute atomic E-state index is 0.957. The van der Waals surface area contributed by atoms with Crippen LogP contribution < -0.4 is 5.32 Å². The number of hydrogen-bond donors (Lipinski definition) is 1. The first kappa shape index (κ1) is 10.4. The first-order valence-electron chi connectivity index (χ1n) is 5.30. The molecule has 0 saturated heterocycles. The standard InChI is InChI=1S/C12H11BrN2S/c13-9-2-1-3-10-11(9)12(15-16-10)8-4-6-14-7-5-8/h1-4,14H,5-7H2. The van der Waals surface area contributed by atoms with Crippen LogP contribution in [0.4, 0.5) is 0 Å². The Balaban J connectivity index is 2.20. The molecule has 2 nitrogen and oxygen atoms in total. The molecule has 1 aliphatic heterocycles. The number of nitrogens with one attached hydrogen (secondary N) is 1. The number of nitrogens with zero attached hydrogens (tertiary/aromatic N) is 1. The van der Waals surface area contributed by atoms with Crippen molar-refractivity contribution in [2.24, 2.45) is 0 Å². The van der Waals surface area contributed by atoms with Crippen molar-refractivity contribution in [2.75, 3.05) is 13.1 Å². The van der Waals surface area contributed by atoms with Gasteiger partial charge < -0.3 is 5.32 Å². The van der Waals surface area contributed by atoms with E-state index in [1.54, 1.807) is 11.5 Å². The van der Waals surface area contributed by atoms with Gasteiger partial charge in [-0.2, -0.15) is 4.37 Å². The Morgan fingerprint density at radius 2 is 2.31 bits per heavy atom. The first-order valence-corrected chi connectivity index (χ1v) is 6.87. The highest BCUT2D eigenvalue weighted by atomic mass is 79.9. The van der Waals surface area contributed by atoms with Gasteiger partial charge in [-0.3, -0.25) is 0 Å². The lowest BCUT2D eigenvalue weighted by Crippen LogP contribution is -2.20. The lowest BCUT2D eigenvalue weighted by molar-refractivity contribution is 0.738. The number of benzene rings is 1. The second-order valence-electron chi connectivity index (χ2n) is 3.83. The molecule has 0 bridgehead atoms. The Morgan fingerprint density at radius 3 is 3.12 bits per heavy atom. The minimum atomic E-state index is 0.957. The molecular formula is C12H11BrN2S. The molecule has 1 N–H and O–H groups in total. The van der Waals surface area contributed by atoms with Crippen LogP contribution in [0.5, 0.6) is 0 Å². The molecule has 0 spiro atoms. The molecule has 0 unspecified atom stereocenters. The molecule has 1 aliphatic rings. The summed E-state index contributed by atoms with van der Waals surface area (Å²) in [4.78, 5) is 0. The van der Waals surface area contributed by atoms with Gasteiger partial charge in [-0.15, -0.1) is 0 Å². The maximum atomic E-state index is 4.60. The molecule has 16 heavy (non-hydrogen) atoms. The maximum absolute atomic E-state index is 4.60. The summed E-state index contributed by atoms with van der Waals surface area (Å²) in [6.07, 6.45) is 3.32. The fourth-order valence-corrected chi connectivity index (χ4v) is 3.53. The molecule has 1 aromatic heterocycles. The Bertz CT molecular complexity index is 559. The van der Waals surface area contributed by atoms with Crippen LogP contribution in [0.3, 0.4) is 0 Å². The second-order valence-corrected chi connectivity index (χ2v) is 5.49. The molecule has 0 atom stereocenters. The molecule has 0 radical (unpaired) electrons. The fraction of sp³-hybridized carbons (Fsp3) is 0.250. The van der Waals surface area contributed by atoms with Crippen LogP contribution >= 0.6 is 27.5 Å². The van der Waals surface area contributed by atoms with Crippen LogP contribution in [0.15, 0.2) is 28.7 Å². The Hall–Kier alpha value is -0.710. The van der Waals surface area contributed by atoms with Crippen LogP contribution in [0.25, 0.3) is 15.7 Å². The van der Waals surface area contributed by atoms with Crippen LogP contribution in [0.1, 0.15) is 12.1 Å². The third kappa shape index (κ3) is 1.71. The van der Waals surface area contributed by atoms with E-state index in [1.807, 2.05) is 0 Å². The van der Waals surface area contributed by atoms with Crippen LogP contribution in [-0.4, -0.2) is 17.5 Å². The quantitative estimate of drug-likeness (QED) is 0.872. The van der Waals surface area contributed by atoms with E-state index in [4.69, 9.17) is 0 Å². The second kappa shape index (κ2) is 4.28. The number of fused-ring (bicyclic) bond motifs is 1. The zero-order valence-corrected chi connectivity index (χ0v) is 11.1. The van der Waals surface area contributed by atoms with Crippen molar-refractivity contribution >= 4 is 43.1 Å². The van der Waals surface area contributed by atoms with Gasteiger partial charge in [0.15, 0.2) is 0 Å². The van der Waals surface area contributed by atoms with Gasteiger partial charge in [-0.1, -0.05) is 28.1 Å². The summed E-state index contributed by atoms with van der Waals surface area (Å²) < 4.78 is 7.00. The molecule has 82 valence electrons. The Morgan fingerprint density at radius 1 is 1.38 bits per heavy atom. The zero-order valence-electron chi connectivity index (χ0n) is 8.66. The highest BCUT2D eigenvalue weighted by molar-refractivity contribution is 9.10. The van der Waals surface area contributed by atoms with Crippen LogP contribution in [0, 0.1) is 0 Å².